The normalized spacial score (nSPS) is 32.2. The minimum atomic E-state index is -0.140. The molecule has 146 valence electrons. The standard InChI is InChI=1S/C23H26N2O2S/c1-27-7-6-25-20-18-5-3-2-4-16(18)11-19(20)28-22(25)24-21(26)23-12-14-8-15(13-23)10-17(23)9-14/h2-5,14-15,17H,6-13H2,1H3. The number of aromatic nitrogens is 1. The number of methoxy groups -OCH3 is 1. The van der Waals surface area contributed by atoms with Crippen molar-refractivity contribution in [1.29, 1.82) is 0 Å². The molecule has 7 rings (SSSR count). The summed E-state index contributed by atoms with van der Waals surface area (Å²) < 4.78 is 7.61. The number of rotatable bonds is 4. The smallest absolute Gasteiger partial charge is 0.254 e. The van der Waals surface area contributed by atoms with Gasteiger partial charge in [0.2, 0.25) is 0 Å². The second kappa shape index (κ2) is 6.14. The molecule has 4 fully saturated rings. The average Bonchev–Trinajstić information content (AvgIpc) is 3.35. The number of thiazole rings is 1. The molecule has 0 spiro atoms. The lowest BCUT2D eigenvalue weighted by Gasteiger charge is -2.29. The Balaban J connectivity index is 1.44. The van der Waals surface area contributed by atoms with Crippen LogP contribution in [-0.4, -0.2) is 24.2 Å². The van der Waals surface area contributed by atoms with Gasteiger partial charge in [-0.3, -0.25) is 4.79 Å². The van der Waals surface area contributed by atoms with Gasteiger partial charge in [0, 0.05) is 30.5 Å². The lowest BCUT2D eigenvalue weighted by atomic mass is 9.75. The van der Waals surface area contributed by atoms with Crippen molar-refractivity contribution in [2.45, 2.75) is 45.1 Å². The third-order valence-corrected chi connectivity index (χ3v) is 8.81. The van der Waals surface area contributed by atoms with Crippen molar-refractivity contribution in [2.24, 2.45) is 28.2 Å². The van der Waals surface area contributed by atoms with Gasteiger partial charge in [0.05, 0.1) is 17.7 Å². The van der Waals surface area contributed by atoms with Crippen LogP contribution in [0.15, 0.2) is 29.3 Å². The molecule has 5 heteroatoms. The maximum atomic E-state index is 13.5. The van der Waals surface area contributed by atoms with E-state index in [1.807, 2.05) is 0 Å². The Labute approximate surface area is 169 Å². The van der Waals surface area contributed by atoms with Crippen LogP contribution in [0.4, 0.5) is 0 Å². The molecule has 5 aliphatic rings. The number of amides is 1. The summed E-state index contributed by atoms with van der Waals surface area (Å²) in [4.78, 5) is 20.5. The van der Waals surface area contributed by atoms with Crippen molar-refractivity contribution in [3.63, 3.8) is 0 Å². The number of ether oxygens (including phenoxy) is 1. The zero-order valence-corrected chi connectivity index (χ0v) is 17.1. The van der Waals surface area contributed by atoms with Gasteiger partial charge in [-0.1, -0.05) is 24.3 Å². The summed E-state index contributed by atoms with van der Waals surface area (Å²) in [5.41, 5.74) is 3.77. The SMILES string of the molecule is COCCn1c2c(sc1=NC(=O)C13CC4CC(CC1C4)C3)Cc1ccccc1-2. The van der Waals surface area contributed by atoms with Crippen molar-refractivity contribution in [1.82, 2.24) is 4.57 Å². The minimum absolute atomic E-state index is 0.140. The van der Waals surface area contributed by atoms with E-state index in [1.165, 1.54) is 41.0 Å². The first kappa shape index (κ1) is 17.2. The second-order valence-electron chi connectivity index (χ2n) is 9.25. The quantitative estimate of drug-likeness (QED) is 0.671. The molecular weight excluding hydrogens is 368 g/mol. The molecule has 0 radical (unpaired) electrons. The van der Waals surface area contributed by atoms with E-state index in [0.717, 1.165) is 42.4 Å². The fourth-order valence-corrected chi connectivity index (χ4v) is 7.96. The monoisotopic (exact) mass is 394 g/mol. The molecule has 1 amide bonds. The molecule has 0 saturated heterocycles. The van der Waals surface area contributed by atoms with E-state index in [-0.39, 0.29) is 11.3 Å². The third-order valence-electron chi connectivity index (χ3n) is 7.73. The largest absolute Gasteiger partial charge is 0.383 e. The molecule has 28 heavy (non-hydrogen) atoms. The molecule has 0 aliphatic heterocycles. The fraction of sp³-hybridized carbons (Fsp3) is 0.565. The van der Waals surface area contributed by atoms with Gasteiger partial charge < -0.3 is 9.30 Å². The molecule has 2 atom stereocenters. The molecule has 4 bridgehead atoms. The molecule has 0 N–H and O–H groups in total. The van der Waals surface area contributed by atoms with Gasteiger partial charge in [-0.2, -0.15) is 4.99 Å². The zero-order chi connectivity index (χ0) is 18.9. The topological polar surface area (TPSA) is 43.6 Å². The van der Waals surface area contributed by atoms with Gasteiger partial charge in [0.1, 0.15) is 0 Å². The van der Waals surface area contributed by atoms with Crippen molar-refractivity contribution >= 4 is 17.2 Å². The Bertz CT molecular complexity index is 1020. The highest BCUT2D eigenvalue weighted by Crippen LogP contribution is 2.65. The van der Waals surface area contributed by atoms with Crippen molar-refractivity contribution in [3.8, 4) is 11.3 Å². The van der Waals surface area contributed by atoms with Crippen molar-refractivity contribution in [3.05, 3.63) is 39.5 Å². The zero-order valence-electron chi connectivity index (χ0n) is 16.3. The third kappa shape index (κ3) is 2.32. The highest BCUT2D eigenvalue weighted by atomic mass is 32.1. The Hall–Kier alpha value is -1.72. The summed E-state index contributed by atoms with van der Waals surface area (Å²) in [6.07, 6.45) is 6.99. The molecule has 2 aromatic rings. The van der Waals surface area contributed by atoms with Gasteiger partial charge in [-0.05, 0) is 55.4 Å². The Morgan fingerprint density at radius 2 is 2.04 bits per heavy atom. The molecule has 1 aromatic heterocycles. The fourth-order valence-electron chi connectivity index (χ4n) is 6.77. The van der Waals surface area contributed by atoms with Crippen LogP contribution in [0.2, 0.25) is 0 Å². The number of carbonyl (C=O) groups is 1. The summed E-state index contributed by atoms with van der Waals surface area (Å²) in [5.74, 6) is 2.31. The molecule has 4 saturated carbocycles. The van der Waals surface area contributed by atoms with Crippen molar-refractivity contribution in [2.75, 3.05) is 13.7 Å². The van der Waals surface area contributed by atoms with E-state index in [9.17, 15) is 4.79 Å². The average molecular weight is 395 g/mol. The summed E-state index contributed by atoms with van der Waals surface area (Å²) in [6.45, 7) is 1.37. The van der Waals surface area contributed by atoms with Crippen LogP contribution in [0.3, 0.4) is 0 Å². The lowest BCUT2D eigenvalue weighted by molar-refractivity contribution is -0.129. The van der Waals surface area contributed by atoms with E-state index < -0.39 is 0 Å². The Kier molecular flexibility index (Phi) is 3.76. The van der Waals surface area contributed by atoms with Gasteiger partial charge >= 0.3 is 0 Å². The summed E-state index contributed by atoms with van der Waals surface area (Å²) in [5, 5.41) is 0. The van der Waals surface area contributed by atoms with E-state index in [1.54, 1.807) is 18.4 Å². The van der Waals surface area contributed by atoms with Gasteiger partial charge in [0.25, 0.3) is 5.91 Å². The molecule has 2 unspecified atom stereocenters. The molecule has 4 nitrogen and oxygen atoms in total. The van der Waals surface area contributed by atoms with Crippen LogP contribution in [0.25, 0.3) is 11.3 Å². The van der Waals surface area contributed by atoms with Crippen LogP contribution >= 0.6 is 11.3 Å². The summed E-state index contributed by atoms with van der Waals surface area (Å²) in [7, 11) is 1.73. The summed E-state index contributed by atoms with van der Waals surface area (Å²) in [6, 6.07) is 8.60. The van der Waals surface area contributed by atoms with Gasteiger partial charge in [-0.25, -0.2) is 0 Å². The number of nitrogens with zero attached hydrogens (tertiary/aromatic N) is 2. The van der Waals surface area contributed by atoms with Crippen molar-refractivity contribution < 1.29 is 9.53 Å². The number of hydrogen-bond donors (Lipinski definition) is 0. The van der Waals surface area contributed by atoms with Crippen LogP contribution in [0.5, 0.6) is 0 Å². The first-order valence-electron chi connectivity index (χ1n) is 10.6. The second-order valence-corrected chi connectivity index (χ2v) is 10.3. The number of benzene rings is 1. The van der Waals surface area contributed by atoms with Gasteiger partial charge in [-0.15, -0.1) is 11.3 Å². The van der Waals surface area contributed by atoms with Gasteiger partial charge in [0.15, 0.2) is 4.80 Å². The molecule has 1 heterocycles. The lowest BCUT2D eigenvalue weighted by Crippen LogP contribution is -2.33. The van der Waals surface area contributed by atoms with E-state index in [4.69, 9.17) is 9.73 Å². The first-order valence-corrected chi connectivity index (χ1v) is 11.4. The predicted octanol–water partition coefficient (Wildman–Crippen LogP) is 4.02. The number of carbonyl (C=O) groups excluding carboxylic acids is 1. The maximum Gasteiger partial charge on any atom is 0.254 e. The van der Waals surface area contributed by atoms with Crippen LogP contribution in [0.1, 0.15) is 42.5 Å². The summed E-state index contributed by atoms with van der Waals surface area (Å²) >= 11 is 1.71. The predicted molar refractivity (Wildman–Crippen MR) is 109 cm³/mol. The number of hydrogen-bond acceptors (Lipinski definition) is 3. The molecular formula is C23H26N2O2S. The van der Waals surface area contributed by atoms with Crippen LogP contribution in [0, 0.1) is 23.2 Å². The van der Waals surface area contributed by atoms with Crippen LogP contribution in [-0.2, 0) is 22.5 Å². The Morgan fingerprint density at radius 1 is 1.25 bits per heavy atom. The molecule has 5 aliphatic carbocycles. The minimum Gasteiger partial charge on any atom is -0.383 e. The number of fused-ring (bicyclic) bond motifs is 3. The first-order chi connectivity index (χ1) is 13.7. The van der Waals surface area contributed by atoms with E-state index in [0.29, 0.717) is 12.5 Å². The Morgan fingerprint density at radius 3 is 2.82 bits per heavy atom. The van der Waals surface area contributed by atoms with E-state index >= 15 is 0 Å². The van der Waals surface area contributed by atoms with Crippen LogP contribution < -0.4 is 4.80 Å². The molecule has 1 aromatic carbocycles. The van der Waals surface area contributed by atoms with E-state index in [2.05, 4.69) is 28.8 Å². The highest BCUT2D eigenvalue weighted by molar-refractivity contribution is 7.09. The maximum absolute atomic E-state index is 13.5. The highest BCUT2D eigenvalue weighted by Gasteiger charge is 2.61.